The molecule has 2 unspecified atom stereocenters. The van der Waals surface area contributed by atoms with Gasteiger partial charge in [-0.25, -0.2) is 0 Å². The van der Waals surface area contributed by atoms with Gasteiger partial charge < -0.3 is 9.73 Å². The van der Waals surface area contributed by atoms with Gasteiger partial charge in [0.15, 0.2) is 0 Å². The normalized spacial score (nSPS) is 23.7. The van der Waals surface area contributed by atoms with Crippen molar-refractivity contribution in [3.63, 3.8) is 0 Å². The first-order valence-corrected chi connectivity index (χ1v) is 8.05. The molecule has 2 rings (SSSR count). The van der Waals surface area contributed by atoms with E-state index >= 15 is 0 Å². The zero-order valence-corrected chi connectivity index (χ0v) is 13.5. The highest BCUT2D eigenvalue weighted by molar-refractivity contribution is 5.17. The maximum atomic E-state index is 5.70. The largest absolute Gasteiger partial charge is 0.468 e. The van der Waals surface area contributed by atoms with E-state index in [0.29, 0.717) is 6.04 Å². The van der Waals surface area contributed by atoms with Crippen LogP contribution in [0.25, 0.3) is 0 Å². The van der Waals surface area contributed by atoms with Gasteiger partial charge in [-0.15, -0.1) is 0 Å². The summed E-state index contributed by atoms with van der Waals surface area (Å²) in [6.07, 6.45) is 7.26. The molecular formula is C17H30N2O. The lowest BCUT2D eigenvalue weighted by molar-refractivity contribution is 0.148. The molecule has 1 aliphatic carbocycles. The van der Waals surface area contributed by atoms with Crippen molar-refractivity contribution in [3.05, 3.63) is 23.7 Å². The van der Waals surface area contributed by atoms with Crippen LogP contribution in [0.1, 0.15) is 57.8 Å². The van der Waals surface area contributed by atoms with E-state index in [0.717, 1.165) is 30.8 Å². The summed E-state index contributed by atoms with van der Waals surface area (Å²) >= 11 is 0. The Bertz CT molecular complexity index is 399. The Hall–Kier alpha value is -0.800. The van der Waals surface area contributed by atoms with Crippen LogP contribution in [0.3, 0.4) is 0 Å². The van der Waals surface area contributed by atoms with Crippen molar-refractivity contribution in [2.45, 2.75) is 71.6 Å². The Morgan fingerprint density at radius 1 is 1.40 bits per heavy atom. The first kappa shape index (κ1) is 15.6. The zero-order chi connectivity index (χ0) is 14.5. The van der Waals surface area contributed by atoms with Crippen LogP contribution < -0.4 is 5.32 Å². The summed E-state index contributed by atoms with van der Waals surface area (Å²) in [6.45, 7) is 8.56. The summed E-state index contributed by atoms with van der Waals surface area (Å²) in [5, 5.41) is 3.47. The number of hydrogen-bond acceptors (Lipinski definition) is 3. The summed E-state index contributed by atoms with van der Waals surface area (Å²) in [4.78, 5) is 2.48. The lowest BCUT2D eigenvalue weighted by Gasteiger charge is -2.33. The van der Waals surface area contributed by atoms with Crippen molar-refractivity contribution in [1.82, 2.24) is 10.2 Å². The first-order chi connectivity index (χ1) is 9.56. The van der Waals surface area contributed by atoms with E-state index in [1.807, 2.05) is 6.26 Å². The highest BCUT2D eigenvalue weighted by Gasteiger charge is 2.23. The molecular weight excluding hydrogens is 248 g/mol. The van der Waals surface area contributed by atoms with Crippen molar-refractivity contribution in [2.75, 3.05) is 7.05 Å². The van der Waals surface area contributed by atoms with Gasteiger partial charge in [-0.2, -0.15) is 0 Å². The topological polar surface area (TPSA) is 28.4 Å². The predicted octanol–water partition coefficient (Wildman–Crippen LogP) is 3.79. The van der Waals surface area contributed by atoms with Gasteiger partial charge in [0.05, 0.1) is 12.8 Å². The summed E-state index contributed by atoms with van der Waals surface area (Å²) in [6, 6.07) is 3.33. The molecule has 0 aromatic carbocycles. The van der Waals surface area contributed by atoms with E-state index in [1.54, 1.807) is 0 Å². The average Bonchev–Trinajstić information content (AvgIpc) is 2.83. The Balaban J connectivity index is 1.90. The van der Waals surface area contributed by atoms with Crippen molar-refractivity contribution in [2.24, 2.45) is 5.92 Å². The first-order valence-electron chi connectivity index (χ1n) is 8.05. The molecule has 1 aliphatic rings. The van der Waals surface area contributed by atoms with E-state index in [1.165, 1.54) is 31.2 Å². The Morgan fingerprint density at radius 2 is 2.20 bits per heavy atom. The Morgan fingerprint density at radius 3 is 2.90 bits per heavy atom. The van der Waals surface area contributed by atoms with E-state index < -0.39 is 0 Å². The molecule has 3 heteroatoms. The van der Waals surface area contributed by atoms with Crippen molar-refractivity contribution < 1.29 is 4.42 Å². The molecule has 3 nitrogen and oxygen atoms in total. The van der Waals surface area contributed by atoms with E-state index in [2.05, 4.69) is 44.1 Å². The molecule has 0 saturated heterocycles. The standard InChI is InChI=1S/C17H30N2O/c1-13(2)18-11-15-8-9-20-17(15)12-19(4)16-7-5-6-14(3)10-16/h8-9,13-14,16,18H,5-7,10-12H2,1-4H3. The highest BCUT2D eigenvalue weighted by Crippen LogP contribution is 2.27. The Kier molecular flexibility index (Phi) is 5.67. The maximum absolute atomic E-state index is 5.70. The van der Waals surface area contributed by atoms with Crippen LogP contribution in [0.5, 0.6) is 0 Å². The molecule has 0 radical (unpaired) electrons. The molecule has 1 fully saturated rings. The Labute approximate surface area is 123 Å². The van der Waals surface area contributed by atoms with Gasteiger partial charge in [-0.05, 0) is 31.9 Å². The summed E-state index contributed by atoms with van der Waals surface area (Å²) in [7, 11) is 2.24. The summed E-state index contributed by atoms with van der Waals surface area (Å²) in [5.41, 5.74) is 1.30. The fourth-order valence-corrected chi connectivity index (χ4v) is 3.14. The molecule has 1 saturated carbocycles. The minimum absolute atomic E-state index is 0.509. The number of nitrogens with one attached hydrogen (secondary N) is 1. The van der Waals surface area contributed by atoms with Crippen LogP contribution in [-0.4, -0.2) is 24.0 Å². The molecule has 0 amide bonds. The van der Waals surface area contributed by atoms with Crippen LogP contribution in [-0.2, 0) is 13.1 Å². The molecule has 1 aromatic heterocycles. The van der Waals surface area contributed by atoms with Crippen molar-refractivity contribution in [1.29, 1.82) is 0 Å². The van der Waals surface area contributed by atoms with Gasteiger partial charge >= 0.3 is 0 Å². The van der Waals surface area contributed by atoms with Gasteiger partial charge in [-0.3, -0.25) is 4.90 Å². The fourth-order valence-electron chi connectivity index (χ4n) is 3.14. The van der Waals surface area contributed by atoms with Gasteiger partial charge in [0, 0.05) is 24.2 Å². The lowest BCUT2D eigenvalue weighted by atomic mass is 9.86. The molecule has 114 valence electrons. The zero-order valence-electron chi connectivity index (χ0n) is 13.5. The van der Waals surface area contributed by atoms with Crippen LogP contribution in [0.15, 0.2) is 16.7 Å². The van der Waals surface area contributed by atoms with Crippen molar-refractivity contribution >= 4 is 0 Å². The minimum Gasteiger partial charge on any atom is -0.468 e. The summed E-state index contributed by atoms with van der Waals surface area (Å²) < 4.78 is 5.70. The van der Waals surface area contributed by atoms with Crippen LogP contribution >= 0.6 is 0 Å². The van der Waals surface area contributed by atoms with Gasteiger partial charge in [0.2, 0.25) is 0 Å². The summed E-state index contributed by atoms with van der Waals surface area (Å²) in [5.74, 6) is 1.99. The van der Waals surface area contributed by atoms with Crippen LogP contribution in [0.2, 0.25) is 0 Å². The van der Waals surface area contributed by atoms with Crippen molar-refractivity contribution in [3.8, 4) is 0 Å². The molecule has 2 atom stereocenters. The van der Waals surface area contributed by atoms with E-state index in [-0.39, 0.29) is 0 Å². The van der Waals surface area contributed by atoms with Gasteiger partial charge in [-0.1, -0.05) is 33.6 Å². The van der Waals surface area contributed by atoms with Crippen LogP contribution in [0, 0.1) is 5.92 Å². The average molecular weight is 278 g/mol. The van der Waals surface area contributed by atoms with E-state index in [9.17, 15) is 0 Å². The monoisotopic (exact) mass is 278 g/mol. The quantitative estimate of drug-likeness (QED) is 0.858. The predicted molar refractivity (Wildman–Crippen MR) is 83.6 cm³/mol. The smallest absolute Gasteiger partial charge is 0.122 e. The molecule has 1 heterocycles. The third-order valence-electron chi connectivity index (χ3n) is 4.46. The van der Waals surface area contributed by atoms with Gasteiger partial charge in [0.25, 0.3) is 0 Å². The third kappa shape index (κ3) is 4.35. The molecule has 1 aromatic rings. The van der Waals surface area contributed by atoms with E-state index in [4.69, 9.17) is 4.42 Å². The second-order valence-corrected chi connectivity index (χ2v) is 6.75. The third-order valence-corrected chi connectivity index (χ3v) is 4.46. The highest BCUT2D eigenvalue weighted by atomic mass is 16.3. The molecule has 1 N–H and O–H groups in total. The van der Waals surface area contributed by atoms with Crippen LogP contribution in [0.4, 0.5) is 0 Å². The molecule has 0 bridgehead atoms. The molecule has 0 spiro atoms. The SMILES string of the molecule is CC1CCCC(N(C)Cc2occc2CNC(C)C)C1. The number of furan rings is 1. The number of nitrogens with zero attached hydrogens (tertiary/aromatic N) is 1. The lowest BCUT2D eigenvalue weighted by Crippen LogP contribution is -2.35. The maximum Gasteiger partial charge on any atom is 0.122 e. The number of rotatable bonds is 6. The second-order valence-electron chi connectivity index (χ2n) is 6.75. The molecule has 0 aliphatic heterocycles. The second kappa shape index (κ2) is 7.28. The van der Waals surface area contributed by atoms with Gasteiger partial charge in [0.1, 0.15) is 5.76 Å². The molecule has 20 heavy (non-hydrogen) atoms. The fraction of sp³-hybridized carbons (Fsp3) is 0.765. The minimum atomic E-state index is 0.509. The number of hydrogen-bond donors (Lipinski definition) is 1.